The van der Waals surface area contributed by atoms with Gasteiger partial charge in [0.1, 0.15) is 0 Å². The lowest BCUT2D eigenvalue weighted by Gasteiger charge is -2.35. The fourth-order valence-corrected chi connectivity index (χ4v) is 4.99. The van der Waals surface area contributed by atoms with E-state index in [-0.39, 0.29) is 0 Å². The molecule has 2 fully saturated rings. The standard InChI is InChI=1S/C16H17N3/c1-2-5-10(6-3-1)19-16-14-9-13(15(16)17-18-19)11-7-4-8-12(11)14/h1-7,11-16H,8-9H2/t11-,12-,13+,14-,15-,16+/m0/s1. The minimum atomic E-state index is 0.439. The van der Waals surface area contributed by atoms with Crippen molar-refractivity contribution in [3.8, 4) is 0 Å². The Morgan fingerprint density at radius 1 is 1.05 bits per heavy atom. The molecule has 4 aliphatic rings. The Labute approximate surface area is 113 Å². The van der Waals surface area contributed by atoms with Crippen molar-refractivity contribution in [1.82, 2.24) is 0 Å². The van der Waals surface area contributed by atoms with Crippen molar-refractivity contribution in [2.24, 2.45) is 34.0 Å². The molecule has 2 saturated carbocycles. The van der Waals surface area contributed by atoms with Gasteiger partial charge in [-0.15, -0.1) is 0 Å². The van der Waals surface area contributed by atoms with E-state index in [1.54, 1.807) is 0 Å². The molecule has 0 N–H and O–H groups in total. The first-order valence-corrected chi connectivity index (χ1v) is 7.35. The van der Waals surface area contributed by atoms with Crippen molar-refractivity contribution in [2.45, 2.75) is 24.9 Å². The second-order valence-electron chi connectivity index (χ2n) is 6.33. The molecule has 0 aromatic heterocycles. The molecular formula is C16H17N3. The topological polar surface area (TPSA) is 28.0 Å². The fourth-order valence-electron chi connectivity index (χ4n) is 4.99. The molecule has 1 aliphatic heterocycles. The van der Waals surface area contributed by atoms with Gasteiger partial charge in [0.05, 0.1) is 17.8 Å². The van der Waals surface area contributed by atoms with Crippen LogP contribution in [-0.4, -0.2) is 12.1 Å². The lowest BCUT2D eigenvalue weighted by molar-refractivity contribution is 0.238. The van der Waals surface area contributed by atoms with Crippen LogP contribution < -0.4 is 5.01 Å². The van der Waals surface area contributed by atoms with E-state index in [0.29, 0.717) is 12.1 Å². The summed E-state index contributed by atoms with van der Waals surface area (Å²) >= 11 is 0. The lowest BCUT2D eigenvalue weighted by atomic mass is 9.76. The molecular weight excluding hydrogens is 234 g/mol. The number of hydrogen-bond donors (Lipinski definition) is 0. The molecule has 0 spiro atoms. The summed E-state index contributed by atoms with van der Waals surface area (Å²) < 4.78 is 0. The Balaban J connectivity index is 1.53. The smallest absolute Gasteiger partial charge is 0.0990 e. The van der Waals surface area contributed by atoms with Gasteiger partial charge in [-0.1, -0.05) is 35.6 Å². The zero-order valence-corrected chi connectivity index (χ0v) is 10.8. The third-order valence-corrected chi connectivity index (χ3v) is 5.66. The number of rotatable bonds is 1. The molecule has 0 unspecified atom stereocenters. The molecule has 0 saturated heterocycles. The highest BCUT2D eigenvalue weighted by Gasteiger charge is 2.61. The zero-order valence-electron chi connectivity index (χ0n) is 10.8. The predicted molar refractivity (Wildman–Crippen MR) is 73.7 cm³/mol. The number of allylic oxidation sites excluding steroid dienone is 2. The van der Waals surface area contributed by atoms with Gasteiger partial charge in [0.2, 0.25) is 0 Å². The van der Waals surface area contributed by atoms with Crippen molar-refractivity contribution in [2.75, 3.05) is 5.01 Å². The molecule has 5 rings (SSSR count). The first kappa shape index (κ1) is 10.2. The number of anilines is 1. The maximum Gasteiger partial charge on any atom is 0.0990 e. The summed E-state index contributed by atoms with van der Waals surface area (Å²) in [6, 6.07) is 11.5. The van der Waals surface area contributed by atoms with E-state index in [4.69, 9.17) is 0 Å². The van der Waals surface area contributed by atoms with Gasteiger partial charge in [0, 0.05) is 0 Å². The van der Waals surface area contributed by atoms with Crippen LogP contribution in [0.15, 0.2) is 52.8 Å². The van der Waals surface area contributed by atoms with Crippen LogP contribution in [0.1, 0.15) is 12.8 Å². The molecule has 19 heavy (non-hydrogen) atoms. The maximum absolute atomic E-state index is 4.62. The molecule has 6 atom stereocenters. The summed E-state index contributed by atoms with van der Waals surface area (Å²) in [7, 11) is 0. The highest BCUT2D eigenvalue weighted by Crippen LogP contribution is 2.60. The molecule has 0 amide bonds. The van der Waals surface area contributed by atoms with E-state index in [0.717, 1.165) is 23.7 Å². The van der Waals surface area contributed by atoms with E-state index < -0.39 is 0 Å². The summed E-state index contributed by atoms with van der Waals surface area (Å²) in [5, 5.41) is 11.3. The summed E-state index contributed by atoms with van der Waals surface area (Å²) in [6.07, 6.45) is 7.47. The second kappa shape index (κ2) is 3.47. The first-order valence-electron chi connectivity index (χ1n) is 7.35. The minimum Gasteiger partial charge on any atom is -0.242 e. The van der Waals surface area contributed by atoms with Gasteiger partial charge in [0.25, 0.3) is 0 Å². The summed E-state index contributed by atoms with van der Waals surface area (Å²) in [5.74, 6) is 3.18. The minimum absolute atomic E-state index is 0.439. The lowest BCUT2D eigenvalue weighted by Crippen LogP contribution is -2.44. The number of hydrogen-bond acceptors (Lipinski definition) is 3. The van der Waals surface area contributed by atoms with Crippen LogP contribution in [0.2, 0.25) is 0 Å². The van der Waals surface area contributed by atoms with E-state index in [1.165, 1.54) is 18.5 Å². The third kappa shape index (κ3) is 1.18. The first-order chi connectivity index (χ1) is 9.43. The number of para-hydroxylation sites is 1. The fraction of sp³-hybridized carbons (Fsp3) is 0.500. The van der Waals surface area contributed by atoms with Gasteiger partial charge < -0.3 is 0 Å². The highest BCUT2D eigenvalue weighted by atomic mass is 15.6. The average Bonchev–Trinajstić information content (AvgIpc) is 3.17. The van der Waals surface area contributed by atoms with Crippen molar-refractivity contribution in [1.29, 1.82) is 0 Å². The average molecular weight is 251 g/mol. The molecule has 1 aromatic rings. The summed E-state index contributed by atoms with van der Waals surface area (Å²) in [4.78, 5) is 0. The van der Waals surface area contributed by atoms with Gasteiger partial charge in [-0.2, -0.15) is 5.11 Å². The van der Waals surface area contributed by atoms with E-state index >= 15 is 0 Å². The molecule has 3 nitrogen and oxygen atoms in total. The van der Waals surface area contributed by atoms with E-state index in [2.05, 4.69) is 57.8 Å². The molecule has 3 aliphatic carbocycles. The number of fused-ring (bicyclic) bond motifs is 8. The third-order valence-electron chi connectivity index (χ3n) is 5.66. The normalized spacial score (nSPS) is 44.9. The van der Waals surface area contributed by atoms with Crippen LogP contribution in [-0.2, 0) is 0 Å². The molecule has 96 valence electrons. The van der Waals surface area contributed by atoms with Crippen LogP contribution in [0.3, 0.4) is 0 Å². The van der Waals surface area contributed by atoms with Crippen molar-refractivity contribution in [3.63, 3.8) is 0 Å². The highest BCUT2D eigenvalue weighted by molar-refractivity contribution is 5.48. The monoisotopic (exact) mass is 251 g/mol. The molecule has 2 bridgehead atoms. The Morgan fingerprint density at radius 2 is 1.95 bits per heavy atom. The summed E-state index contributed by atoms with van der Waals surface area (Å²) in [5.41, 5.74) is 1.20. The van der Waals surface area contributed by atoms with Gasteiger partial charge in [-0.25, -0.2) is 5.01 Å². The van der Waals surface area contributed by atoms with Crippen LogP contribution >= 0.6 is 0 Å². The predicted octanol–water partition coefficient (Wildman–Crippen LogP) is 3.45. The number of nitrogens with zero attached hydrogens (tertiary/aromatic N) is 3. The van der Waals surface area contributed by atoms with Gasteiger partial charge in [-0.05, 0) is 48.6 Å². The van der Waals surface area contributed by atoms with E-state index in [1.807, 2.05) is 0 Å². The Hall–Kier alpha value is -1.64. The molecule has 1 heterocycles. The Morgan fingerprint density at radius 3 is 2.84 bits per heavy atom. The number of benzene rings is 1. The van der Waals surface area contributed by atoms with Crippen LogP contribution in [0, 0.1) is 23.7 Å². The SMILES string of the molecule is C1=C[C@@H]2[C@H]3C[C@@H]([C@H]2C1)[C@@H]1[C@H]3N=NN1c1ccccc1. The van der Waals surface area contributed by atoms with Crippen LogP contribution in [0.25, 0.3) is 0 Å². The largest absolute Gasteiger partial charge is 0.242 e. The van der Waals surface area contributed by atoms with Gasteiger partial charge in [0.15, 0.2) is 0 Å². The van der Waals surface area contributed by atoms with Crippen molar-refractivity contribution < 1.29 is 0 Å². The molecule has 3 heteroatoms. The van der Waals surface area contributed by atoms with Gasteiger partial charge >= 0.3 is 0 Å². The summed E-state index contributed by atoms with van der Waals surface area (Å²) in [6.45, 7) is 0. The van der Waals surface area contributed by atoms with Crippen LogP contribution in [0.4, 0.5) is 5.69 Å². The Kier molecular flexibility index (Phi) is 1.86. The quantitative estimate of drug-likeness (QED) is 0.702. The van der Waals surface area contributed by atoms with Crippen molar-refractivity contribution >= 4 is 5.69 Å². The van der Waals surface area contributed by atoms with E-state index in [9.17, 15) is 0 Å². The Bertz CT molecular complexity index is 565. The van der Waals surface area contributed by atoms with Crippen molar-refractivity contribution in [3.05, 3.63) is 42.5 Å². The molecule has 1 aromatic carbocycles. The maximum atomic E-state index is 4.62. The molecule has 0 radical (unpaired) electrons. The van der Waals surface area contributed by atoms with Crippen LogP contribution in [0.5, 0.6) is 0 Å². The zero-order chi connectivity index (χ0) is 12.4. The van der Waals surface area contributed by atoms with Gasteiger partial charge in [-0.3, -0.25) is 0 Å². The second-order valence-corrected chi connectivity index (χ2v) is 6.33.